The van der Waals surface area contributed by atoms with Gasteiger partial charge in [-0.2, -0.15) is 0 Å². The van der Waals surface area contributed by atoms with E-state index in [1.54, 1.807) is 0 Å². The monoisotopic (exact) mass is 325 g/mol. The highest BCUT2D eigenvalue weighted by Gasteiger charge is 2.28. The first kappa shape index (κ1) is 16.8. The normalized spacial score (nSPS) is 19.8. The van der Waals surface area contributed by atoms with Gasteiger partial charge in [0.25, 0.3) is 0 Å². The van der Waals surface area contributed by atoms with Gasteiger partial charge < -0.3 is 16.0 Å². The number of rotatable bonds is 5. The second kappa shape index (κ2) is 7.63. The van der Waals surface area contributed by atoms with Crippen LogP contribution in [0.15, 0.2) is 6.33 Å². The van der Waals surface area contributed by atoms with Gasteiger partial charge in [-0.15, -0.1) is 0 Å². The molecule has 0 spiro atoms. The fraction of sp³-hybridized carbons (Fsp3) is 0.667. The van der Waals surface area contributed by atoms with Crippen molar-refractivity contribution in [2.24, 2.45) is 5.92 Å². The molecule has 1 saturated heterocycles. The Balaban J connectivity index is 2.02. The smallest absolute Gasteiger partial charge is 0.225 e. The molecule has 1 aliphatic rings. The van der Waals surface area contributed by atoms with Crippen LogP contribution in [-0.4, -0.2) is 35.0 Å². The predicted octanol–water partition coefficient (Wildman–Crippen LogP) is 2.23. The van der Waals surface area contributed by atoms with Crippen molar-refractivity contribution >= 4 is 29.1 Å². The summed E-state index contributed by atoms with van der Waals surface area (Å²) in [6.45, 7) is 5.60. The van der Waals surface area contributed by atoms with E-state index in [0.717, 1.165) is 32.2 Å². The average Bonchev–Trinajstić information content (AvgIpc) is 2.50. The van der Waals surface area contributed by atoms with Gasteiger partial charge in [-0.1, -0.05) is 24.9 Å². The van der Waals surface area contributed by atoms with Gasteiger partial charge in [-0.25, -0.2) is 9.97 Å². The summed E-state index contributed by atoms with van der Waals surface area (Å²) in [7, 11) is 0. The lowest BCUT2D eigenvalue weighted by Gasteiger charge is -2.33. The quantitative estimate of drug-likeness (QED) is 0.867. The number of aromatic nitrogens is 2. The number of nitrogens with one attached hydrogen (secondary N) is 1. The summed E-state index contributed by atoms with van der Waals surface area (Å²) < 4.78 is 0. The van der Waals surface area contributed by atoms with Crippen LogP contribution in [0, 0.1) is 5.92 Å². The van der Waals surface area contributed by atoms with Crippen molar-refractivity contribution in [2.45, 2.75) is 45.6 Å². The molecule has 122 valence electrons. The molecule has 2 heterocycles. The number of halogens is 1. The van der Waals surface area contributed by atoms with E-state index < -0.39 is 0 Å². The second-order valence-electron chi connectivity index (χ2n) is 5.88. The van der Waals surface area contributed by atoms with E-state index in [2.05, 4.69) is 22.2 Å². The van der Waals surface area contributed by atoms with Crippen molar-refractivity contribution in [1.82, 2.24) is 15.3 Å². The second-order valence-corrected chi connectivity index (χ2v) is 6.26. The summed E-state index contributed by atoms with van der Waals surface area (Å²) in [5, 5.41) is 3.46. The van der Waals surface area contributed by atoms with Crippen LogP contribution in [0.4, 0.5) is 11.6 Å². The molecular formula is C15H24ClN5O. The lowest BCUT2D eigenvalue weighted by Crippen LogP contribution is -2.45. The fourth-order valence-corrected chi connectivity index (χ4v) is 3.06. The molecule has 0 aromatic carbocycles. The first-order valence-electron chi connectivity index (χ1n) is 7.84. The van der Waals surface area contributed by atoms with Crippen LogP contribution in [0.1, 0.15) is 39.5 Å². The number of hydrogen-bond donors (Lipinski definition) is 2. The number of piperidine rings is 1. The third-order valence-corrected chi connectivity index (χ3v) is 4.36. The van der Waals surface area contributed by atoms with Crippen molar-refractivity contribution < 1.29 is 4.79 Å². The van der Waals surface area contributed by atoms with E-state index in [1.807, 2.05) is 11.8 Å². The van der Waals surface area contributed by atoms with Gasteiger partial charge in [0.1, 0.15) is 17.2 Å². The van der Waals surface area contributed by atoms with Crippen LogP contribution in [-0.2, 0) is 4.79 Å². The van der Waals surface area contributed by atoms with E-state index in [-0.39, 0.29) is 23.7 Å². The van der Waals surface area contributed by atoms with Gasteiger partial charge in [0.2, 0.25) is 5.91 Å². The van der Waals surface area contributed by atoms with Gasteiger partial charge in [-0.05, 0) is 26.2 Å². The number of carbonyl (C=O) groups is 1. The van der Waals surface area contributed by atoms with Crippen LogP contribution in [0.5, 0.6) is 0 Å². The van der Waals surface area contributed by atoms with Crippen LogP contribution >= 0.6 is 11.6 Å². The van der Waals surface area contributed by atoms with E-state index in [0.29, 0.717) is 17.4 Å². The molecular weight excluding hydrogens is 302 g/mol. The molecule has 0 saturated carbocycles. The van der Waals surface area contributed by atoms with Gasteiger partial charge in [0, 0.05) is 19.1 Å². The maximum atomic E-state index is 12.4. The van der Waals surface area contributed by atoms with E-state index >= 15 is 0 Å². The van der Waals surface area contributed by atoms with Gasteiger partial charge >= 0.3 is 0 Å². The molecule has 0 radical (unpaired) electrons. The summed E-state index contributed by atoms with van der Waals surface area (Å²) in [6, 6.07) is 0.214. The van der Waals surface area contributed by atoms with E-state index in [1.165, 1.54) is 6.33 Å². The summed E-state index contributed by atoms with van der Waals surface area (Å²) in [6.07, 6.45) is 5.29. The molecule has 0 aliphatic carbocycles. The average molecular weight is 326 g/mol. The standard InChI is InChI=1S/C15H24ClN5O/c1-3-5-10(2)20-15(22)11-6-4-7-21(8-11)14-12(16)13(17)18-9-19-14/h9-11H,3-8H2,1-2H3,(H,20,22)(H2,17,18,19). The summed E-state index contributed by atoms with van der Waals surface area (Å²) in [4.78, 5) is 22.5. The molecule has 1 amide bonds. The highest BCUT2D eigenvalue weighted by molar-refractivity contribution is 6.35. The Labute approximate surface area is 136 Å². The van der Waals surface area contributed by atoms with Crippen molar-refractivity contribution in [3.05, 3.63) is 11.3 Å². The van der Waals surface area contributed by atoms with Crippen molar-refractivity contribution in [3.8, 4) is 0 Å². The fourth-order valence-electron chi connectivity index (χ4n) is 2.84. The maximum absolute atomic E-state index is 12.4. The lowest BCUT2D eigenvalue weighted by atomic mass is 9.96. The minimum atomic E-state index is -0.0414. The zero-order valence-corrected chi connectivity index (χ0v) is 13.9. The molecule has 7 heteroatoms. The summed E-state index contributed by atoms with van der Waals surface area (Å²) >= 11 is 6.19. The Morgan fingerprint density at radius 2 is 2.36 bits per heavy atom. The first-order chi connectivity index (χ1) is 10.5. The number of nitrogens with zero attached hydrogens (tertiary/aromatic N) is 3. The Kier molecular flexibility index (Phi) is 5.83. The molecule has 2 atom stereocenters. The van der Waals surface area contributed by atoms with Crippen LogP contribution < -0.4 is 16.0 Å². The molecule has 22 heavy (non-hydrogen) atoms. The van der Waals surface area contributed by atoms with Crippen LogP contribution in [0.25, 0.3) is 0 Å². The minimum absolute atomic E-state index is 0.0414. The number of carbonyl (C=O) groups excluding carboxylic acids is 1. The zero-order valence-electron chi connectivity index (χ0n) is 13.2. The molecule has 3 N–H and O–H groups in total. The Morgan fingerprint density at radius 3 is 3.09 bits per heavy atom. The summed E-state index contributed by atoms with van der Waals surface area (Å²) in [5.74, 6) is 0.965. The van der Waals surface area contributed by atoms with E-state index in [4.69, 9.17) is 17.3 Å². The zero-order chi connectivity index (χ0) is 16.1. The van der Waals surface area contributed by atoms with Crippen LogP contribution in [0.3, 0.4) is 0 Å². The third kappa shape index (κ3) is 4.00. The number of anilines is 2. The van der Waals surface area contributed by atoms with E-state index in [9.17, 15) is 4.79 Å². The minimum Gasteiger partial charge on any atom is -0.382 e. The van der Waals surface area contributed by atoms with Crippen molar-refractivity contribution in [2.75, 3.05) is 23.7 Å². The number of hydrogen-bond acceptors (Lipinski definition) is 5. The highest BCUT2D eigenvalue weighted by atomic mass is 35.5. The summed E-state index contributed by atoms with van der Waals surface area (Å²) in [5.41, 5.74) is 5.73. The first-order valence-corrected chi connectivity index (χ1v) is 8.22. The van der Waals surface area contributed by atoms with Gasteiger partial charge in [0.15, 0.2) is 5.82 Å². The molecule has 1 aromatic rings. The molecule has 2 unspecified atom stereocenters. The highest BCUT2D eigenvalue weighted by Crippen LogP contribution is 2.30. The number of nitrogen functional groups attached to an aromatic ring is 1. The Hall–Kier alpha value is -1.56. The number of amides is 1. The third-order valence-electron chi connectivity index (χ3n) is 4.00. The largest absolute Gasteiger partial charge is 0.382 e. The predicted molar refractivity (Wildman–Crippen MR) is 88.9 cm³/mol. The lowest BCUT2D eigenvalue weighted by molar-refractivity contribution is -0.125. The topological polar surface area (TPSA) is 84.1 Å². The van der Waals surface area contributed by atoms with Crippen molar-refractivity contribution in [1.29, 1.82) is 0 Å². The molecule has 6 nitrogen and oxygen atoms in total. The molecule has 0 bridgehead atoms. The SMILES string of the molecule is CCCC(C)NC(=O)C1CCCN(c2ncnc(N)c2Cl)C1. The number of nitrogens with two attached hydrogens (primary N) is 1. The van der Waals surface area contributed by atoms with Gasteiger partial charge in [0.05, 0.1) is 5.92 Å². The van der Waals surface area contributed by atoms with Gasteiger partial charge in [-0.3, -0.25) is 4.79 Å². The Bertz CT molecular complexity index is 525. The van der Waals surface area contributed by atoms with Crippen molar-refractivity contribution in [3.63, 3.8) is 0 Å². The Morgan fingerprint density at radius 1 is 1.59 bits per heavy atom. The molecule has 1 aliphatic heterocycles. The van der Waals surface area contributed by atoms with Crippen LogP contribution in [0.2, 0.25) is 5.02 Å². The molecule has 2 rings (SSSR count). The maximum Gasteiger partial charge on any atom is 0.225 e. The molecule has 1 aromatic heterocycles. The molecule has 1 fully saturated rings.